The van der Waals surface area contributed by atoms with E-state index in [1.165, 1.54) is 19.2 Å². The van der Waals surface area contributed by atoms with Crippen LogP contribution in [0.2, 0.25) is 0 Å². The summed E-state index contributed by atoms with van der Waals surface area (Å²) in [7, 11) is 0. The molecule has 1 N–H and O–H groups in total. The fourth-order valence-corrected chi connectivity index (χ4v) is 2.80. The zero-order valence-corrected chi connectivity index (χ0v) is 12.2. The van der Waals surface area contributed by atoms with Gasteiger partial charge in [0.2, 0.25) is 11.6 Å². The predicted octanol–water partition coefficient (Wildman–Crippen LogP) is 1.10. The normalized spacial score (nSPS) is 19.6. The Labute approximate surface area is 123 Å². The van der Waals surface area contributed by atoms with Crippen LogP contribution < -0.4 is 10.2 Å². The van der Waals surface area contributed by atoms with Gasteiger partial charge in [-0.25, -0.2) is 9.97 Å². The van der Waals surface area contributed by atoms with Crippen molar-refractivity contribution >= 4 is 17.3 Å². The van der Waals surface area contributed by atoms with Crippen LogP contribution in [0, 0.1) is 10.1 Å². The molecule has 114 valence electrons. The van der Waals surface area contributed by atoms with Gasteiger partial charge in [-0.2, -0.15) is 0 Å². The van der Waals surface area contributed by atoms with E-state index in [4.69, 9.17) is 0 Å². The van der Waals surface area contributed by atoms with Gasteiger partial charge in [-0.05, 0) is 19.8 Å². The molecule has 0 spiro atoms. The van der Waals surface area contributed by atoms with E-state index in [0.717, 1.165) is 32.2 Å². The van der Waals surface area contributed by atoms with Crippen molar-refractivity contribution in [2.75, 3.05) is 42.9 Å². The number of anilines is 2. The summed E-state index contributed by atoms with van der Waals surface area (Å²) in [6.45, 7) is 5.93. The molecular weight excluding hydrogens is 272 g/mol. The molecular formula is C13H20N6O2. The minimum Gasteiger partial charge on any atom is -0.364 e. The van der Waals surface area contributed by atoms with Gasteiger partial charge in [0.05, 0.1) is 4.92 Å². The minimum absolute atomic E-state index is 0.0146. The number of nitrogens with zero attached hydrogens (tertiary/aromatic N) is 5. The number of aromatic nitrogens is 2. The second-order valence-corrected chi connectivity index (χ2v) is 5.44. The number of nitro groups is 1. The topological polar surface area (TPSA) is 87.4 Å². The van der Waals surface area contributed by atoms with E-state index in [9.17, 15) is 10.1 Å². The van der Waals surface area contributed by atoms with Crippen LogP contribution in [0.5, 0.6) is 0 Å². The Morgan fingerprint density at radius 1 is 1.33 bits per heavy atom. The average Bonchev–Trinajstić information content (AvgIpc) is 3.32. The second-order valence-electron chi connectivity index (χ2n) is 5.44. The maximum Gasteiger partial charge on any atom is 0.353 e. The van der Waals surface area contributed by atoms with Gasteiger partial charge >= 0.3 is 5.69 Å². The van der Waals surface area contributed by atoms with Gasteiger partial charge in [0.25, 0.3) is 0 Å². The smallest absolute Gasteiger partial charge is 0.353 e. The van der Waals surface area contributed by atoms with Gasteiger partial charge in [0.15, 0.2) is 0 Å². The first-order valence-electron chi connectivity index (χ1n) is 7.43. The fraction of sp³-hybridized carbons (Fsp3) is 0.692. The molecule has 1 aliphatic heterocycles. The first kappa shape index (κ1) is 14.0. The number of hydrogen-bond acceptors (Lipinski definition) is 7. The Bertz CT molecular complexity index is 525. The number of rotatable bonds is 5. The lowest BCUT2D eigenvalue weighted by atomic mass is 10.3. The van der Waals surface area contributed by atoms with Gasteiger partial charge < -0.3 is 10.2 Å². The SMILES string of the molecule is CCNc1ncnc(N2CCN(C3CC3)CC2)c1[N+](=O)[O-]. The molecule has 0 bridgehead atoms. The lowest BCUT2D eigenvalue weighted by Gasteiger charge is -2.35. The van der Waals surface area contributed by atoms with Crippen LogP contribution in [0.25, 0.3) is 0 Å². The molecule has 2 aliphatic rings. The molecule has 8 heteroatoms. The molecule has 0 amide bonds. The lowest BCUT2D eigenvalue weighted by molar-refractivity contribution is -0.383. The second kappa shape index (κ2) is 5.80. The third-order valence-corrected chi connectivity index (χ3v) is 4.01. The first-order valence-corrected chi connectivity index (χ1v) is 7.43. The highest BCUT2D eigenvalue weighted by Crippen LogP contribution is 2.33. The molecule has 3 rings (SSSR count). The van der Waals surface area contributed by atoms with Crippen LogP contribution in [0.1, 0.15) is 19.8 Å². The van der Waals surface area contributed by atoms with E-state index in [0.29, 0.717) is 18.2 Å². The highest BCUT2D eigenvalue weighted by Gasteiger charge is 2.34. The average molecular weight is 292 g/mol. The zero-order valence-electron chi connectivity index (χ0n) is 12.2. The van der Waals surface area contributed by atoms with Crippen LogP contribution in [0.15, 0.2) is 6.33 Å². The standard InChI is InChI=1S/C13H20N6O2/c1-2-14-12-11(19(20)21)13(16-9-15-12)18-7-5-17(6-8-18)10-3-4-10/h9-10H,2-8H2,1H3,(H,14,15,16). The van der Waals surface area contributed by atoms with E-state index in [-0.39, 0.29) is 10.6 Å². The molecule has 0 radical (unpaired) electrons. The monoisotopic (exact) mass is 292 g/mol. The number of piperazine rings is 1. The maximum atomic E-state index is 11.4. The fourth-order valence-electron chi connectivity index (χ4n) is 2.80. The van der Waals surface area contributed by atoms with Crippen molar-refractivity contribution in [3.63, 3.8) is 0 Å². The summed E-state index contributed by atoms with van der Waals surface area (Å²) in [5.74, 6) is 0.735. The Hall–Kier alpha value is -1.96. The Kier molecular flexibility index (Phi) is 3.87. The minimum atomic E-state index is -0.388. The van der Waals surface area contributed by atoms with Crippen molar-refractivity contribution in [1.29, 1.82) is 0 Å². The van der Waals surface area contributed by atoms with Crippen molar-refractivity contribution in [3.05, 3.63) is 16.4 Å². The highest BCUT2D eigenvalue weighted by molar-refractivity contribution is 5.70. The van der Waals surface area contributed by atoms with Crippen molar-refractivity contribution < 1.29 is 4.92 Å². The number of nitrogens with one attached hydrogen (secondary N) is 1. The molecule has 1 saturated heterocycles. The van der Waals surface area contributed by atoms with E-state index >= 15 is 0 Å². The molecule has 1 saturated carbocycles. The van der Waals surface area contributed by atoms with Gasteiger partial charge in [-0.15, -0.1) is 0 Å². The van der Waals surface area contributed by atoms with E-state index < -0.39 is 0 Å². The van der Waals surface area contributed by atoms with Crippen LogP contribution >= 0.6 is 0 Å². The number of hydrogen-bond donors (Lipinski definition) is 1. The lowest BCUT2D eigenvalue weighted by Crippen LogP contribution is -2.47. The van der Waals surface area contributed by atoms with Crippen molar-refractivity contribution in [2.24, 2.45) is 0 Å². The van der Waals surface area contributed by atoms with Crippen LogP contribution in [0.4, 0.5) is 17.3 Å². The summed E-state index contributed by atoms with van der Waals surface area (Å²) < 4.78 is 0. The summed E-state index contributed by atoms with van der Waals surface area (Å²) in [4.78, 5) is 23.6. The molecule has 8 nitrogen and oxygen atoms in total. The van der Waals surface area contributed by atoms with Crippen molar-refractivity contribution in [3.8, 4) is 0 Å². The summed E-state index contributed by atoms with van der Waals surface area (Å²) in [6.07, 6.45) is 3.98. The molecule has 1 aromatic rings. The third kappa shape index (κ3) is 2.90. The summed E-state index contributed by atoms with van der Waals surface area (Å²) in [5, 5.41) is 14.3. The van der Waals surface area contributed by atoms with Crippen LogP contribution in [0.3, 0.4) is 0 Å². The van der Waals surface area contributed by atoms with Crippen molar-refractivity contribution in [2.45, 2.75) is 25.8 Å². The molecule has 2 fully saturated rings. The largest absolute Gasteiger partial charge is 0.364 e. The van der Waals surface area contributed by atoms with Crippen molar-refractivity contribution in [1.82, 2.24) is 14.9 Å². The molecule has 21 heavy (non-hydrogen) atoms. The molecule has 1 aliphatic carbocycles. The molecule has 0 unspecified atom stereocenters. The molecule has 0 atom stereocenters. The van der Waals surface area contributed by atoms with E-state index in [2.05, 4.69) is 20.2 Å². The Balaban J connectivity index is 1.80. The van der Waals surface area contributed by atoms with E-state index in [1.54, 1.807) is 0 Å². The van der Waals surface area contributed by atoms with Gasteiger partial charge in [0.1, 0.15) is 6.33 Å². The van der Waals surface area contributed by atoms with Gasteiger partial charge in [-0.1, -0.05) is 0 Å². The van der Waals surface area contributed by atoms with Crippen LogP contribution in [-0.2, 0) is 0 Å². The maximum absolute atomic E-state index is 11.4. The molecule has 0 aromatic carbocycles. The predicted molar refractivity (Wildman–Crippen MR) is 79.7 cm³/mol. The quantitative estimate of drug-likeness (QED) is 0.642. The molecule has 2 heterocycles. The Morgan fingerprint density at radius 2 is 2.05 bits per heavy atom. The summed E-state index contributed by atoms with van der Waals surface area (Å²) in [5.41, 5.74) is -0.0146. The molecule has 1 aromatic heterocycles. The van der Waals surface area contributed by atoms with Crippen LogP contribution in [-0.4, -0.2) is 58.6 Å². The summed E-state index contributed by atoms with van der Waals surface area (Å²) >= 11 is 0. The zero-order chi connectivity index (χ0) is 14.8. The third-order valence-electron chi connectivity index (χ3n) is 4.01. The highest BCUT2D eigenvalue weighted by atomic mass is 16.6. The Morgan fingerprint density at radius 3 is 2.62 bits per heavy atom. The van der Waals surface area contributed by atoms with E-state index in [1.807, 2.05) is 11.8 Å². The first-order chi connectivity index (χ1) is 10.2. The summed E-state index contributed by atoms with van der Waals surface area (Å²) in [6, 6.07) is 0.741. The van der Waals surface area contributed by atoms with Gasteiger partial charge in [0, 0.05) is 38.8 Å². The van der Waals surface area contributed by atoms with Gasteiger partial charge in [-0.3, -0.25) is 15.0 Å².